The van der Waals surface area contributed by atoms with Crippen LogP contribution in [0.25, 0.3) is 11.0 Å². The van der Waals surface area contributed by atoms with E-state index in [-0.39, 0.29) is 17.8 Å². The highest BCUT2D eigenvalue weighted by molar-refractivity contribution is 5.80. The normalized spacial score (nSPS) is 12.9. The summed E-state index contributed by atoms with van der Waals surface area (Å²) >= 11 is 0. The van der Waals surface area contributed by atoms with Crippen molar-refractivity contribution in [2.75, 3.05) is 6.61 Å². The monoisotopic (exact) mass is 360 g/mol. The summed E-state index contributed by atoms with van der Waals surface area (Å²) in [7, 11) is 0. The molecule has 3 heteroatoms. The van der Waals surface area contributed by atoms with Gasteiger partial charge in [-0.15, -0.1) is 0 Å². The van der Waals surface area contributed by atoms with Gasteiger partial charge in [0, 0.05) is 22.4 Å². The Morgan fingerprint density at radius 3 is 2.41 bits per heavy atom. The average Bonchev–Trinajstić information content (AvgIpc) is 3.10. The lowest BCUT2D eigenvalue weighted by atomic mass is 9.93. The summed E-state index contributed by atoms with van der Waals surface area (Å²) in [5.41, 5.74) is 3.94. The second-order valence-corrected chi connectivity index (χ2v) is 6.85. The van der Waals surface area contributed by atoms with Gasteiger partial charge in [0.2, 0.25) is 0 Å². The van der Waals surface area contributed by atoms with Crippen molar-refractivity contribution in [3.8, 4) is 11.8 Å². The maximum Gasteiger partial charge on any atom is 0.309 e. The lowest BCUT2D eigenvalue weighted by Crippen LogP contribution is -2.19. The second kappa shape index (κ2) is 8.14. The van der Waals surface area contributed by atoms with Gasteiger partial charge in [-0.3, -0.25) is 4.79 Å². The molecular weight excluding hydrogens is 336 g/mol. The van der Waals surface area contributed by atoms with Crippen molar-refractivity contribution in [1.82, 2.24) is 0 Å². The number of carbonyl (C=O) groups is 1. The molecule has 0 spiro atoms. The fraction of sp³-hybridized carbons (Fsp3) is 0.292. The van der Waals surface area contributed by atoms with Crippen LogP contribution >= 0.6 is 0 Å². The van der Waals surface area contributed by atoms with Crippen molar-refractivity contribution in [1.29, 1.82) is 0 Å². The molecule has 0 unspecified atom stereocenters. The summed E-state index contributed by atoms with van der Waals surface area (Å²) in [5.74, 6) is 6.66. The Labute approximate surface area is 160 Å². The fourth-order valence-electron chi connectivity index (χ4n) is 2.87. The standard InChI is InChI=1S/C24H24O3/c1-5-26-24(25)18(4)17(3)23-15-21-14-20(12-13-22(21)27-23)11-10-19-8-6-16(2)7-9-19/h6-9,12-15,17-18H,5H2,1-4H3/t17-,18+/m0/s1. The summed E-state index contributed by atoms with van der Waals surface area (Å²) < 4.78 is 11.1. The number of esters is 1. The largest absolute Gasteiger partial charge is 0.466 e. The van der Waals surface area contributed by atoms with E-state index < -0.39 is 0 Å². The first-order valence-corrected chi connectivity index (χ1v) is 9.26. The molecule has 0 fully saturated rings. The van der Waals surface area contributed by atoms with Crippen LogP contribution in [0.4, 0.5) is 0 Å². The number of furan rings is 1. The van der Waals surface area contributed by atoms with E-state index >= 15 is 0 Å². The van der Waals surface area contributed by atoms with Crippen molar-refractivity contribution in [3.05, 3.63) is 71.0 Å². The molecule has 0 amide bonds. The molecule has 138 valence electrons. The van der Waals surface area contributed by atoms with Crippen LogP contribution in [0.3, 0.4) is 0 Å². The molecule has 3 aromatic rings. The minimum atomic E-state index is -0.258. The molecule has 3 nitrogen and oxygen atoms in total. The van der Waals surface area contributed by atoms with E-state index in [1.54, 1.807) is 0 Å². The molecule has 1 heterocycles. The summed E-state index contributed by atoms with van der Waals surface area (Å²) in [6.07, 6.45) is 0. The third-order valence-electron chi connectivity index (χ3n) is 4.80. The third-order valence-corrected chi connectivity index (χ3v) is 4.80. The molecule has 0 bridgehead atoms. The molecule has 2 atom stereocenters. The summed E-state index contributed by atoms with van der Waals surface area (Å²) in [6.45, 7) is 8.12. The van der Waals surface area contributed by atoms with E-state index in [9.17, 15) is 4.79 Å². The number of ether oxygens (including phenoxy) is 1. The third kappa shape index (κ3) is 4.41. The van der Waals surface area contributed by atoms with E-state index in [0.29, 0.717) is 6.61 Å². The van der Waals surface area contributed by atoms with Crippen molar-refractivity contribution in [2.24, 2.45) is 5.92 Å². The zero-order valence-corrected chi connectivity index (χ0v) is 16.2. The van der Waals surface area contributed by atoms with Crippen LogP contribution in [0.1, 0.15) is 49.1 Å². The van der Waals surface area contributed by atoms with Crippen LogP contribution < -0.4 is 0 Å². The van der Waals surface area contributed by atoms with Gasteiger partial charge in [-0.05, 0) is 50.2 Å². The fourth-order valence-corrected chi connectivity index (χ4v) is 2.87. The number of hydrogen-bond acceptors (Lipinski definition) is 3. The van der Waals surface area contributed by atoms with Crippen LogP contribution in [0, 0.1) is 24.7 Å². The molecule has 27 heavy (non-hydrogen) atoms. The number of benzene rings is 2. The maximum absolute atomic E-state index is 12.0. The molecule has 0 saturated heterocycles. The Morgan fingerprint density at radius 2 is 1.70 bits per heavy atom. The highest BCUT2D eigenvalue weighted by Gasteiger charge is 2.25. The Hall–Kier alpha value is -2.99. The molecule has 0 aliphatic heterocycles. The van der Waals surface area contributed by atoms with Crippen LogP contribution in [-0.2, 0) is 9.53 Å². The molecule has 1 aromatic heterocycles. The minimum Gasteiger partial charge on any atom is -0.466 e. The van der Waals surface area contributed by atoms with Crippen molar-refractivity contribution >= 4 is 16.9 Å². The number of carbonyl (C=O) groups excluding carboxylic acids is 1. The first-order valence-electron chi connectivity index (χ1n) is 9.26. The highest BCUT2D eigenvalue weighted by Crippen LogP contribution is 2.30. The quantitative estimate of drug-likeness (QED) is 0.459. The van der Waals surface area contributed by atoms with Crippen LogP contribution in [0.5, 0.6) is 0 Å². The predicted molar refractivity (Wildman–Crippen MR) is 108 cm³/mol. The molecule has 0 N–H and O–H groups in total. The molecule has 0 aliphatic rings. The molecule has 3 rings (SSSR count). The minimum absolute atomic E-state index is 0.0569. The zero-order chi connectivity index (χ0) is 19.4. The Balaban J connectivity index is 1.83. The molecular formula is C24H24O3. The number of hydrogen-bond donors (Lipinski definition) is 0. The first-order chi connectivity index (χ1) is 13.0. The van der Waals surface area contributed by atoms with E-state index in [1.165, 1.54) is 5.56 Å². The van der Waals surface area contributed by atoms with E-state index in [2.05, 4.69) is 30.9 Å². The Kier molecular flexibility index (Phi) is 5.66. The maximum atomic E-state index is 12.0. The predicted octanol–water partition coefficient (Wildman–Crippen LogP) is 5.44. The van der Waals surface area contributed by atoms with E-state index in [4.69, 9.17) is 9.15 Å². The van der Waals surface area contributed by atoms with Crippen LogP contribution in [0.15, 0.2) is 52.9 Å². The molecule has 0 saturated carbocycles. The van der Waals surface area contributed by atoms with Gasteiger partial charge in [0.05, 0.1) is 12.5 Å². The number of aryl methyl sites for hydroxylation is 1. The zero-order valence-electron chi connectivity index (χ0n) is 16.2. The summed E-state index contributed by atoms with van der Waals surface area (Å²) in [4.78, 5) is 12.0. The Morgan fingerprint density at radius 1 is 1.04 bits per heavy atom. The average molecular weight is 360 g/mol. The first kappa shape index (κ1) is 18.8. The lowest BCUT2D eigenvalue weighted by molar-refractivity contribution is -0.148. The van der Waals surface area contributed by atoms with E-state index in [1.807, 2.05) is 57.2 Å². The lowest BCUT2D eigenvalue weighted by Gasteiger charge is -2.15. The van der Waals surface area contributed by atoms with Crippen molar-refractivity contribution in [2.45, 2.75) is 33.6 Å². The van der Waals surface area contributed by atoms with Gasteiger partial charge in [-0.25, -0.2) is 0 Å². The van der Waals surface area contributed by atoms with Crippen LogP contribution in [-0.4, -0.2) is 12.6 Å². The van der Waals surface area contributed by atoms with Crippen molar-refractivity contribution in [3.63, 3.8) is 0 Å². The van der Waals surface area contributed by atoms with Gasteiger partial charge < -0.3 is 9.15 Å². The van der Waals surface area contributed by atoms with Gasteiger partial charge in [0.15, 0.2) is 0 Å². The van der Waals surface area contributed by atoms with Crippen molar-refractivity contribution < 1.29 is 13.9 Å². The number of fused-ring (bicyclic) bond motifs is 1. The van der Waals surface area contributed by atoms with Crippen LogP contribution in [0.2, 0.25) is 0 Å². The van der Waals surface area contributed by atoms with Gasteiger partial charge in [0.1, 0.15) is 11.3 Å². The van der Waals surface area contributed by atoms with Gasteiger partial charge in [-0.2, -0.15) is 0 Å². The smallest absolute Gasteiger partial charge is 0.309 e. The molecule has 2 aromatic carbocycles. The topological polar surface area (TPSA) is 39.4 Å². The molecule has 0 radical (unpaired) electrons. The van der Waals surface area contributed by atoms with Gasteiger partial charge >= 0.3 is 5.97 Å². The molecule has 0 aliphatic carbocycles. The summed E-state index contributed by atoms with van der Waals surface area (Å²) in [5, 5.41) is 0.989. The van der Waals surface area contributed by atoms with Gasteiger partial charge in [0.25, 0.3) is 0 Å². The summed E-state index contributed by atoms with van der Waals surface area (Å²) in [6, 6.07) is 16.1. The Bertz CT molecular complexity index is 1000. The SMILES string of the molecule is CCOC(=O)[C@H](C)[C@H](C)c1cc2cc(C#Cc3ccc(C)cc3)ccc2o1. The second-order valence-electron chi connectivity index (χ2n) is 6.85. The van der Waals surface area contributed by atoms with Gasteiger partial charge in [-0.1, -0.05) is 43.4 Å². The highest BCUT2D eigenvalue weighted by atomic mass is 16.5. The van der Waals surface area contributed by atoms with E-state index in [0.717, 1.165) is 27.9 Å². The number of rotatable bonds is 4.